The third-order valence-corrected chi connectivity index (χ3v) is 5.54. The number of anilines is 1. The Morgan fingerprint density at radius 3 is 2.52 bits per heavy atom. The zero-order valence-corrected chi connectivity index (χ0v) is 16.0. The molecule has 7 nitrogen and oxygen atoms in total. The first-order valence-electron chi connectivity index (χ1n) is 8.58. The molecule has 0 atom stereocenters. The molecule has 0 bridgehead atoms. The molecule has 0 amide bonds. The van der Waals surface area contributed by atoms with Gasteiger partial charge in [-0.15, -0.1) is 0 Å². The van der Waals surface area contributed by atoms with Gasteiger partial charge in [0.1, 0.15) is 11.5 Å². The van der Waals surface area contributed by atoms with E-state index < -0.39 is 10.0 Å². The smallest absolute Gasteiger partial charge is 0.240 e. The van der Waals surface area contributed by atoms with Crippen LogP contribution in [0.3, 0.4) is 0 Å². The van der Waals surface area contributed by atoms with Crippen LogP contribution in [0.15, 0.2) is 59.6 Å². The largest absolute Gasteiger partial charge is 0.366 e. The van der Waals surface area contributed by atoms with Crippen LogP contribution in [-0.4, -0.2) is 30.4 Å². The van der Waals surface area contributed by atoms with Crippen LogP contribution in [-0.2, 0) is 23.0 Å². The van der Waals surface area contributed by atoms with Gasteiger partial charge in [0.2, 0.25) is 10.0 Å². The van der Waals surface area contributed by atoms with Crippen LogP contribution < -0.4 is 10.0 Å². The molecule has 0 aliphatic rings. The molecule has 0 aliphatic heterocycles. The number of benzene rings is 1. The maximum absolute atomic E-state index is 12.2. The Balaban J connectivity index is 1.89. The number of aromatic nitrogens is 3. The summed E-state index contributed by atoms with van der Waals surface area (Å²) in [5, 5.41) is 3.21. The number of nitrogens with one attached hydrogen (secondary N) is 2. The van der Waals surface area contributed by atoms with Gasteiger partial charge in [-0.3, -0.25) is 4.98 Å². The fourth-order valence-electron chi connectivity index (χ4n) is 2.59. The summed E-state index contributed by atoms with van der Waals surface area (Å²) in [5.74, 6) is 1.16. The van der Waals surface area contributed by atoms with Gasteiger partial charge < -0.3 is 5.32 Å². The highest BCUT2D eigenvalue weighted by molar-refractivity contribution is 7.89. The van der Waals surface area contributed by atoms with E-state index in [9.17, 15) is 8.42 Å². The van der Waals surface area contributed by atoms with Crippen molar-refractivity contribution in [1.29, 1.82) is 0 Å². The molecule has 27 heavy (non-hydrogen) atoms. The third-order valence-electron chi connectivity index (χ3n) is 4.03. The average Bonchev–Trinajstić information content (AvgIpc) is 2.72. The minimum Gasteiger partial charge on any atom is -0.366 e. The van der Waals surface area contributed by atoms with Gasteiger partial charge in [0.15, 0.2) is 5.82 Å². The first-order chi connectivity index (χ1) is 13.0. The maximum atomic E-state index is 12.2. The number of nitrogens with zero attached hydrogens (tertiary/aromatic N) is 3. The number of pyridine rings is 1. The summed E-state index contributed by atoms with van der Waals surface area (Å²) in [6.07, 6.45) is 2.45. The normalized spacial score (nSPS) is 11.3. The lowest BCUT2D eigenvalue weighted by Gasteiger charge is -2.12. The van der Waals surface area contributed by atoms with E-state index in [1.807, 2.05) is 37.3 Å². The molecule has 0 fully saturated rings. The second-order valence-corrected chi connectivity index (χ2v) is 7.66. The van der Waals surface area contributed by atoms with Crippen molar-refractivity contribution in [3.63, 3.8) is 0 Å². The molecule has 0 unspecified atom stereocenters. The summed E-state index contributed by atoms with van der Waals surface area (Å²) in [7, 11) is -2.13. The van der Waals surface area contributed by atoms with Crippen molar-refractivity contribution in [1.82, 2.24) is 19.7 Å². The summed E-state index contributed by atoms with van der Waals surface area (Å²) in [4.78, 5) is 13.6. The molecule has 2 aromatic heterocycles. The van der Waals surface area contributed by atoms with Crippen molar-refractivity contribution >= 4 is 15.8 Å². The molecule has 8 heteroatoms. The van der Waals surface area contributed by atoms with Crippen molar-refractivity contribution < 1.29 is 8.42 Å². The van der Waals surface area contributed by atoms with Gasteiger partial charge in [0, 0.05) is 24.5 Å². The Kier molecular flexibility index (Phi) is 5.78. The van der Waals surface area contributed by atoms with E-state index in [4.69, 9.17) is 0 Å². The second-order valence-electron chi connectivity index (χ2n) is 5.81. The molecule has 0 aliphatic carbocycles. The summed E-state index contributed by atoms with van der Waals surface area (Å²) < 4.78 is 26.8. The van der Waals surface area contributed by atoms with Crippen LogP contribution in [0.4, 0.5) is 5.82 Å². The van der Waals surface area contributed by atoms with Crippen molar-refractivity contribution in [2.45, 2.75) is 24.8 Å². The van der Waals surface area contributed by atoms with E-state index in [2.05, 4.69) is 25.0 Å². The molecule has 2 heterocycles. The fraction of sp³-hybridized carbons (Fsp3) is 0.211. The first kappa shape index (κ1) is 18.9. The van der Waals surface area contributed by atoms with E-state index in [1.54, 1.807) is 24.4 Å². The first-order valence-corrected chi connectivity index (χ1v) is 10.1. The van der Waals surface area contributed by atoms with Crippen molar-refractivity contribution in [2.24, 2.45) is 0 Å². The molecule has 0 spiro atoms. The fourth-order valence-corrected chi connectivity index (χ4v) is 3.55. The lowest BCUT2D eigenvalue weighted by Crippen LogP contribution is -2.20. The van der Waals surface area contributed by atoms with Gasteiger partial charge in [-0.05, 0) is 37.2 Å². The number of sulfonamides is 1. The second kappa shape index (κ2) is 8.24. The predicted octanol–water partition coefficient (Wildman–Crippen LogP) is 2.62. The molecule has 2 N–H and O–H groups in total. The highest BCUT2D eigenvalue weighted by Gasteiger charge is 2.16. The van der Waals surface area contributed by atoms with E-state index in [0.29, 0.717) is 29.4 Å². The van der Waals surface area contributed by atoms with E-state index in [1.165, 1.54) is 7.05 Å². The van der Waals surface area contributed by atoms with Crippen molar-refractivity contribution in [3.05, 3.63) is 66.0 Å². The van der Waals surface area contributed by atoms with E-state index in [-0.39, 0.29) is 4.90 Å². The van der Waals surface area contributed by atoms with E-state index in [0.717, 1.165) is 12.1 Å². The highest BCUT2D eigenvalue weighted by atomic mass is 32.2. The Morgan fingerprint density at radius 2 is 1.81 bits per heavy atom. The van der Waals surface area contributed by atoms with Crippen LogP contribution in [0, 0.1) is 0 Å². The standard InChI is InChI=1S/C19H21N5O2S/c1-3-15-12-18(24-19(23-15)16-9-6-7-11-21-16)22-13-14-8-4-5-10-17(14)27(25,26)20-2/h4-12,20H,3,13H2,1-2H3,(H,22,23,24). The van der Waals surface area contributed by atoms with Gasteiger partial charge in [-0.1, -0.05) is 31.2 Å². The van der Waals surface area contributed by atoms with Crippen LogP contribution in [0.5, 0.6) is 0 Å². The zero-order chi connectivity index (χ0) is 19.3. The molecule has 0 saturated heterocycles. The molecule has 3 rings (SSSR count). The number of hydrogen-bond donors (Lipinski definition) is 2. The highest BCUT2D eigenvalue weighted by Crippen LogP contribution is 2.19. The Morgan fingerprint density at radius 1 is 1.04 bits per heavy atom. The topological polar surface area (TPSA) is 96.9 Å². The van der Waals surface area contributed by atoms with Crippen molar-refractivity contribution in [2.75, 3.05) is 12.4 Å². The summed E-state index contributed by atoms with van der Waals surface area (Å²) in [5.41, 5.74) is 2.22. The summed E-state index contributed by atoms with van der Waals surface area (Å²) >= 11 is 0. The number of rotatable bonds is 7. The molecule has 1 aromatic carbocycles. The third kappa shape index (κ3) is 4.47. The Labute approximate surface area is 159 Å². The molecule has 0 saturated carbocycles. The Bertz CT molecular complexity index is 1020. The maximum Gasteiger partial charge on any atom is 0.240 e. The van der Waals surface area contributed by atoms with Gasteiger partial charge in [-0.25, -0.2) is 23.1 Å². The van der Waals surface area contributed by atoms with Crippen LogP contribution in [0.1, 0.15) is 18.2 Å². The lowest BCUT2D eigenvalue weighted by atomic mass is 10.2. The number of hydrogen-bond acceptors (Lipinski definition) is 6. The van der Waals surface area contributed by atoms with Crippen LogP contribution in [0.2, 0.25) is 0 Å². The monoisotopic (exact) mass is 383 g/mol. The van der Waals surface area contributed by atoms with Crippen LogP contribution in [0.25, 0.3) is 11.5 Å². The van der Waals surface area contributed by atoms with Gasteiger partial charge in [-0.2, -0.15) is 0 Å². The molecule has 0 radical (unpaired) electrons. The van der Waals surface area contributed by atoms with Gasteiger partial charge in [0.05, 0.1) is 4.90 Å². The average molecular weight is 383 g/mol. The molecule has 3 aromatic rings. The Hall–Kier alpha value is -2.84. The van der Waals surface area contributed by atoms with Gasteiger partial charge in [0.25, 0.3) is 0 Å². The minimum atomic E-state index is -3.53. The molecular weight excluding hydrogens is 362 g/mol. The van der Waals surface area contributed by atoms with Gasteiger partial charge >= 0.3 is 0 Å². The number of aryl methyl sites for hydroxylation is 1. The lowest BCUT2D eigenvalue weighted by molar-refractivity contribution is 0.587. The molecular formula is C19H21N5O2S. The van der Waals surface area contributed by atoms with Crippen LogP contribution >= 0.6 is 0 Å². The molecule has 140 valence electrons. The minimum absolute atomic E-state index is 0.245. The summed E-state index contributed by atoms with van der Waals surface area (Å²) in [6.45, 7) is 2.34. The summed E-state index contributed by atoms with van der Waals surface area (Å²) in [6, 6.07) is 14.3. The zero-order valence-electron chi connectivity index (χ0n) is 15.2. The quantitative estimate of drug-likeness (QED) is 0.651. The SMILES string of the molecule is CCc1cc(NCc2ccccc2S(=O)(=O)NC)nc(-c2ccccn2)n1. The predicted molar refractivity (Wildman–Crippen MR) is 105 cm³/mol. The van der Waals surface area contributed by atoms with Crippen molar-refractivity contribution in [3.8, 4) is 11.5 Å². The van der Waals surface area contributed by atoms with E-state index >= 15 is 0 Å².